The molecule has 5 nitrogen and oxygen atoms in total. The van der Waals surface area contributed by atoms with Gasteiger partial charge < -0.3 is 14.6 Å². The Morgan fingerprint density at radius 3 is 1.96 bits per heavy atom. The minimum Gasteiger partial charge on any atom is -0.506 e. The zero-order chi connectivity index (χ0) is 20.3. The highest BCUT2D eigenvalue weighted by atomic mass is 35.5. The average Bonchev–Trinajstić information content (AvgIpc) is 2.58. The minimum atomic E-state index is -0.542. The van der Waals surface area contributed by atoms with Crippen LogP contribution in [0.1, 0.15) is 11.1 Å². The lowest BCUT2D eigenvalue weighted by atomic mass is 9.96. The number of aromatic hydroxyl groups is 1. The summed E-state index contributed by atoms with van der Waals surface area (Å²) in [6, 6.07) is 3.80. The SMILES string of the molecule is N#COc1c(Cl)cc(Cl)cc1C(=C(Cl)Cl)c1c(O)c(Cl)cc(Cl)c1OC#N. The Bertz CT molecular complexity index is 1040. The van der Waals surface area contributed by atoms with E-state index in [-0.39, 0.29) is 48.3 Å². The third kappa shape index (κ3) is 4.42. The molecule has 0 aliphatic rings. The molecule has 0 heterocycles. The molecule has 27 heavy (non-hydrogen) atoms. The van der Waals surface area contributed by atoms with Crippen molar-refractivity contribution in [3.05, 3.63) is 53.9 Å². The Morgan fingerprint density at radius 1 is 0.852 bits per heavy atom. The van der Waals surface area contributed by atoms with E-state index in [0.29, 0.717) is 0 Å². The van der Waals surface area contributed by atoms with Gasteiger partial charge in [0.15, 0.2) is 11.5 Å². The molecule has 0 aromatic heterocycles. The average molecular weight is 485 g/mol. The molecule has 0 aliphatic carbocycles. The maximum absolute atomic E-state index is 10.5. The number of nitrogens with zero attached hydrogens (tertiary/aromatic N) is 2. The second-order valence-corrected chi connectivity index (χ2v) is 7.29. The molecule has 2 aromatic carbocycles. The van der Waals surface area contributed by atoms with Crippen molar-refractivity contribution in [2.45, 2.75) is 0 Å². The smallest absolute Gasteiger partial charge is 0.292 e. The van der Waals surface area contributed by atoms with Gasteiger partial charge in [-0.05, 0) is 18.2 Å². The molecule has 0 bridgehead atoms. The van der Waals surface area contributed by atoms with Gasteiger partial charge in [-0.2, -0.15) is 0 Å². The fraction of sp³-hybridized carbons (Fsp3) is 0. The van der Waals surface area contributed by atoms with E-state index in [0.717, 1.165) is 6.07 Å². The summed E-state index contributed by atoms with van der Waals surface area (Å²) in [5.74, 6) is -0.983. The van der Waals surface area contributed by atoms with Crippen LogP contribution in [0.4, 0.5) is 0 Å². The first-order valence-corrected chi connectivity index (χ1v) is 8.87. The number of hydrogen-bond donors (Lipinski definition) is 1. The molecule has 1 N–H and O–H groups in total. The van der Waals surface area contributed by atoms with Crippen molar-refractivity contribution in [3.8, 4) is 29.8 Å². The first kappa shape index (κ1) is 21.6. The van der Waals surface area contributed by atoms with E-state index in [9.17, 15) is 5.11 Å². The normalized spacial score (nSPS) is 9.93. The molecule has 0 aliphatic heterocycles. The number of phenols is 1. The molecular formula is C16H4Cl6N2O3. The van der Waals surface area contributed by atoms with Crippen molar-refractivity contribution in [2.75, 3.05) is 0 Å². The first-order chi connectivity index (χ1) is 12.7. The third-order valence-corrected chi connectivity index (χ3v) is 4.62. The van der Waals surface area contributed by atoms with E-state index in [4.69, 9.17) is 89.6 Å². The van der Waals surface area contributed by atoms with Crippen LogP contribution in [-0.2, 0) is 0 Å². The van der Waals surface area contributed by atoms with Crippen molar-refractivity contribution >= 4 is 75.2 Å². The van der Waals surface area contributed by atoms with E-state index in [1.807, 2.05) is 0 Å². The zero-order valence-corrected chi connectivity index (χ0v) is 17.2. The predicted molar refractivity (Wildman–Crippen MR) is 105 cm³/mol. The van der Waals surface area contributed by atoms with Crippen LogP contribution in [0.3, 0.4) is 0 Å². The summed E-state index contributed by atoms with van der Waals surface area (Å²) < 4.78 is 9.32. The predicted octanol–water partition coefficient (Wildman–Crippen LogP) is 6.92. The summed E-state index contributed by atoms with van der Waals surface area (Å²) in [5.41, 5.74) is -0.347. The lowest BCUT2D eigenvalue weighted by molar-refractivity contribution is 0.460. The molecule has 2 aromatic rings. The first-order valence-electron chi connectivity index (χ1n) is 6.60. The van der Waals surface area contributed by atoms with Crippen molar-refractivity contribution in [1.82, 2.24) is 0 Å². The highest BCUT2D eigenvalue weighted by Gasteiger charge is 2.28. The number of hydrogen-bond acceptors (Lipinski definition) is 5. The fourth-order valence-corrected chi connectivity index (χ4v) is 3.62. The Labute approximate surface area is 183 Å². The van der Waals surface area contributed by atoms with Gasteiger partial charge in [0.05, 0.1) is 20.6 Å². The van der Waals surface area contributed by atoms with Gasteiger partial charge in [0.25, 0.3) is 12.5 Å². The summed E-state index contributed by atoms with van der Waals surface area (Å²) >= 11 is 36.2. The van der Waals surface area contributed by atoms with Gasteiger partial charge in [0.1, 0.15) is 10.2 Å². The summed E-state index contributed by atoms with van der Waals surface area (Å²) in [6.07, 6.45) is 2.91. The van der Waals surface area contributed by atoms with Crippen LogP contribution < -0.4 is 9.47 Å². The number of halogens is 6. The number of rotatable bonds is 4. The third-order valence-electron chi connectivity index (χ3n) is 3.17. The summed E-state index contributed by atoms with van der Waals surface area (Å²) in [7, 11) is 0. The Morgan fingerprint density at radius 2 is 1.41 bits per heavy atom. The van der Waals surface area contributed by atoms with E-state index >= 15 is 0 Å². The van der Waals surface area contributed by atoms with Crippen LogP contribution in [0.15, 0.2) is 22.7 Å². The van der Waals surface area contributed by atoms with Gasteiger partial charge >= 0.3 is 0 Å². The minimum absolute atomic E-state index is 0.0190. The standard InChI is InChI=1S/C16H4Cl6N2O3/c17-6-1-7(14(26-4-23)9(19)2-6)11(16(21)22)12-13(25)8(18)3-10(20)15(12)27-5-24/h1-3,25H. The number of ether oxygens (including phenoxy) is 2. The largest absolute Gasteiger partial charge is 0.506 e. The van der Waals surface area contributed by atoms with Gasteiger partial charge in [0, 0.05) is 16.2 Å². The molecule has 0 spiro atoms. The van der Waals surface area contributed by atoms with Crippen molar-refractivity contribution in [2.24, 2.45) is 0 Å². The molecule has 0 unspecified atom stereocenters. The molecule has 0 saturated carbocycles. The molecule has 0 radical (unpaired) electrons. The molecule has 0 atom stereocenters. The number of nitriles is 2. The lowest BCUT2D eigenvalue weighted by Gasteiger charge is -2.18. The second kappa shape index (κ2) is 8.99. The van der Waals surface area contributed by atoms with Gasteiger partial charge in [-0.15, -0.1) is 10.5 Å². The monoisotopic (exact) mass is 482 g/mol. The van der Waals surface area contributed by atoms with E-state index in [2.05, 4.69) is 0 Å². The maximum Gasteiger partial charge on any atom is 0.292 e. The summed E-state index contributed by atoms with van der Waals surface area (Å²) in [5, 5.41) is 28.1. The van der Waals surface area contributed by atoms with Gasteiger partial charge in [0.2, 0.25) is 0 Å². The van der Waals surface area contributed by atoms with E-state index in [1.165, 1.54) is 24.6 Å². The second-order valence-electron chi connectivity index (χ2n) is 4.68. The van der Waals surface area contributed by atoms with Crippen molar-refractivity contribution in [3.63, 3.8) is 0 Å². The Hall–Kier alpha value is -1.70. The molecule has 0 saturated heterocycles. The van der Waals surface area contributed by atoms with E-state index < -0.39 is 10.2 Å². The van der Waals surface area contributed by atoms with Crippen LogP contribution in [0, 0.1) is 23.0 Å². The van der Waals surface area contributed by atoms with Crippen molar-refractivity contribution < 1.29 is 14.6 Å². The lowest BCUT2D eigenvalue weighted by Crippen LogP contribution is -1.99. The Balaban J connectivity index is 2.99. The topological polar surface area (TPSA) is 86.3 Å². The van der Waals surface area contributed by atoms with Crippen molar-refractivity contribution in [1.29, 1.82) is 10.5 Å². The summed E-state index contributed by atoms with van der Waals surface area (Å²) in [6.45, 7) is 0. The molecular weight excluding hydrogens is 481 g/mol. The van der Waals surface area contributed by atoms with Gasteiger partial charge in [-0.25, -0.2) is 0 Å². The van der Waals surface area contributed by atoms with Crippen LogP contribution >= 0.6 is 69.6 Å². The quantitative estimate of drug-likeness (QED) is 0.476. The maximum atomic E-state index is 10.5. The zero-order valence-electron chi connectivity index (χ0n) is 12.7. The molecule has 2 rings (SSSR count). The Kier molecular flexibility index (Phi) is 7.19. The number of benzene rings is 2. The van der Waals surface area contributed by atoms with Crippen LogP contribution in [0.25, 0.3) is 5.57 Å². The summed E-state index contributed by atoms with van der Waals surface area (Å²) in [4.78, 5) is 0. The molecule has 11 heteroatoms. The number of phenolic OH excluding ortho intramolecular Hbond substituents is 1. The van der Waals surface area contributed by atoms with Gasteiger partial charge in [-0.1, -0.05) is 69.6 Å². The van der Waals surface area contributed by atoms with Crippen LogP contribution in [0.5, 0.6) is 17.2 Å². The molecule has 0 fully saturated rings. The van der Waals surface area contributed by atoms with Crippen LogP contribution in [0.2, 0.25) is 20.1 Å². The van der Waals surface area contributed by atoms with E-state index in [1.54, 1.807) is 0 Å². The van der Waals surface area contributed by atoms with Gasteiger partial charge in [-0.3, -0.25) is 0 Å². The molecule has 0 amide bonds. The highest BCUT2D eigenvalue weighted by Crippen LogP contribution is 2.50. The highest BCUT2D eigenvalue weighted by molar-refractivity contribution is 6.59. The fourth-order valence-electron chi connectivity index (χ4n) is 2.20. The van der Waals surface area contributed by atoms with Crippen LogP contribution in [-0.4, -0.2) is 5.11 Å². The molecule has 138 valence electrons.